The lowest BCUT2D eigenvalue weighted by Crippen LogP contribution is -1.92. The molecule has 0 aliphatic heterocycles. The van der Waals surface area contributed by atoms with E-state index in [0.717, 1.165) is 15.5 Å². The molecule has 0 spiro atoms. The van der Waals surface area contributed by atoms with Gasteiger partial charge < -0.3 is 4.74 Å². The summed E-state index contributed by atoms with van der Waals surface area (Å²) in [6.45, 7) is 0. The van der Waals surface area contributed by atoms with Crippen LogP contribution in [0.15, 0.2) is 16.7 Å². The topological polar surface area (TPSA) is 22.1 Å². The molecule has 11 heavy (non-hydrogen) atoms. The number of halogens is 2. The average molecular weight is 281 g/mol. The number of aromatic nitrogens is 1. The van der Waals surface area contributed by atoms with Crippen LogP contribution < -0.4 is 4.74 Å². The van der Waals surface area contributed by atoms with Crippen molar-refractivity contribution < 1.29 is 4.74 Å². The summed E-state index contributed by atoms with van der Waals surface area (Å²) in [5.41, 5.74) is 1.05. The fourth-order valence-corrected chi connectivity index (χ4v) is 1.45. The minimum atomic E-state index is 0.663. The first-order valence-corrected chi connectivity index (χ1v) is 4.94. The van der Waals surface area contributed by atoms with Crippen LogP contribution in [0.3, 0.4) is 0 Å². The number of pyridine rings is 1. The minimum Gasteiger partial charge on any atom is -0.481 e. The van der Waals surface area contributed by atoms with E-state index in [0.29, 0.717) is 5.88 Å². The summed E-state index contributed by atoms with van der Waals surface area (Å²) in [5.74, 6) is 0.663. The van der Waals surface area contributed by atoms with Crippen molar-refractivity contribution in [1.29, 1.82) is 0 Å². The molecule has 4 heteroatoms. The van der Waals surface area contributed by atoms with Gasteiger partial charge in [0.2, 0.25) is 5.88 Å². The molecule has 60 valence electrons. The molecule has 0 aliphatic rings. The number of ether oxygens (including phenoxy) is 1. The molecule has 0 atom stereocenters. The maximum absolute atomic E-state index is 5.05. The summed E-state index contributed by atoms with van der Waals surface area (Å²) in [5, 5.41) is 0.760. The van der Waals surface area contributed by atoms with Crippen LogP contribution in [0, 0.1) is 0 Å². The van der Waals surface area contributed by atoms with Crippen molar-refractivity contribution in [1.82, 2.24) is 4.98 Å². The quantitative estimate of drug-likeness (QED) is 0.614. The van der Waals surface area contributed by atoms with Crippen LogP contribution in [-0.2, 0) is 5.33 Å². The van der Waals surface area contributed by atoms with Crippen LogP contribution in [0.25, 0.3) is 0 Å². The van der Waals surface area contributed by atoms with E-state index in [-0.39, 0.29) is 0 Å². The van der Waals surface area contributed by atoms with Crippen molar-refractivity contribution in [3.63, 3.8) is 0 Å². The fourth-order valence-electron chi connectivity index (χ4n) is 0.725. The summed E-state index contributed by atoms with van der Waals surface area (Å²) in [7, 11) is 1.61. The predicted octanol–water partition coefficient (Wildman–Crippen LogP) is 2.75. The van der Waals surface area contributed by atoms with Gasteiger partial charge >= 0.3 is 0 Å². The molecule has 0 amide bonds. The van der Waals surface area contributed by atoms with Crippen molar-refractivity contribution in [3.05, 3.63) is 22.3 Å². The Labute approximate surface area is 82.2 Å². The molecule has 2 nitrogen and oxygen atoms in total. The van der Waals surface area contributed by atoms with Gasteiger partial charge in [-0.15, -0.1) is 0 Å². The van der Waals surface area contributed by atoms with Crippen molar-refractivity contribution >= 4 is 31.9 Å². The minimum absolute atomic E-state index is 0.663. The maximum atomic E-state index is 5.05. The first-order chi connectivity index (χ1) is 5.27. The van der Waals surface area contributed by atoms with E-state index in [2.05, 4.69) is 36.8 Å². The molecule has 0 N–H and O–H groups in total. The third-order valence-electron chi connectivity index (χ3n) is 1.24. The Bertz CT molecular complexity index is 252. The molecule has 1 aromatic heterocycles. The van der Waals surface area contributed by atoms with Gasteiger partial charge in [0.1, 0.15) is 4.60 Å². The molecule has 0 unspecified atom stereocenters. The highest BCUT2D eigenvalue weighted by atomic mass is 79.9. The molecule has 0 saturated carbocycles. The summed E-state index contributed by atoms with van der Waals surface area (Å²) in [6.07, 6.45) is 0. The van der Waals surface area contributed by atoms with Gasteiger partial charge in [-0.2, -0.15) is 0 Å². The number of methoxy groups -OCH3 is 1. The first-order valence-electron chi connectivity index (χ1n) is 3.03. The van der Waals surface area contributed by atoms with E-state index in [4.69, 9.17) is 4.74 Å². The third-order valence-corrected chi connectivity index (χ3v) is 2.29. The van der Waals surface area contributed by atoms with Gasteiger partial charge in [0.15, 0.2) is 0 Å². The third kappa shape index (κ3) is 2.17. The van der Waals surface area contributed by atoms with Gasteiger partial charge in [-0.25, -0.2) is 4.98 Å². The summed E-state index contributed by atoms with van der Waals surface area (Å²) < 4.78 is 5.84. The van der Waals surface area contributed by atoms with Crippen LogP contribution in [0.5, 0.6) is 5.88 Å². The molecular formula is C7H7Br2NO. The Morgan fingerprint density at radius 2 is 2.27 bits per heavy atom. The first kappa shape index (κ1) is 9.00. The second-order valence-corrected chi connectivity index (χ2v) is 3.31. The zero-order valence-corrected chi connectivity index (χ0v) is 9.15. The molecule has 0 saturated heterocycles. The highest BCUT2D eigenvalue weighted by Crippen LogP contribution is 2.20. The van der Waals surface area contributed by atoms with E-state index in [9.17, 15) is 0 Å². The fraction of sp³-hybridized carbons (Fsp3) is 0.286. The van der Waals surface area contributed by atoms with Crippen molar-refractivity contribution in [2.45, 2.75) is 5.33 Å². The largest absolute Gasteiger partial charge is 0.481 e. The Balaban J connectivity index is 3.06. The predicted molar refractivity (Wildman–Crippen MR) is 51.1 cm³/mol. The van der Waals surface area contributed by atoms with Crippen LogP contribution in [0.4, 0.5) is 0 Å². The van der Waals surface area contributed by atoms with Crippen molar-refractivity contribution in [2.75, 3.05) is 7.11 Å². The zero-order chi connectivity index (χ0) is 8.27. The van der Waals surface area contributed by atoms with Gasteiger partial charge in [0.05, 0.1) is 7.11 Å². The van der Waals surface area contributed by atoms with Crippen molar-refractivity contribution in [2.24, 2.45) is 0 Å². The van der Waals surface area contributed by atoms with Gasteiger partial charge in [-0.05, 0) is 22.0 Å². The maximum Gasteiger partial charge on any atom is 0.218 e. The molecule has 1 aromatic rings. The monoisotopic (exact) mass is 279 g/mol. The number of alkyl halides is 1. The Hall–Kier alpha value is -0.0900. The highest BCUT2D eigenvalue weighted by Gasteiger charge is 2.02. The van der Waals surface area contributed by atoms with Gasteiger partial charge in [-0.3, -0.25) is 0 Å². The van der Waals surface area contributed by atoms with Crippen LogP contribution in [0.1, 0.15) is 5.56 Å². The highest BCUT2D eigenvalue weighted by molar-refractivity contribution is 9.10. The molecule has 1 rings (SSSR count). The smallest absolute Gasteiger partial charge is 0.218 e. The molecule has 0 bridgehead atoms. The Morgan fingerprint density at radius 1 is 1.55 bits per heavy atom. The Kier molecular flexibility index (Phi) is 3.33. The second-order valence-electron chi connectivity index (χ2n) is 1.94. The second kappa shape index (κ2) is 4.07. The number of hydrogen-bond donors (Lipinski definition) is 0. The van der Waals surface area contributed by atoms with Crippen LogP contribution >= 0.6 is 31.9 Å². The lowest BCUT2D eigenvalue weighted by atomic mass is 10.3. The molecule has 0 fully saturated rings. The average Bonchev–Trinajstić information content (AvgIpc) is 2.04. The molecular weight excluding hydrogens is 274 g/mol. The van der Waals surface area contributed by atoms with Crippen LogP contribution in [0.2, 0.25) is 0 Å². The zero-order valence-electron chi connectivity index (χ0n) is 5.97. The SMILES string of the molecule is COc1nc(Br)ccc1CBr. The summed E-state index contributed by atoms with van der Waals surface area (Å²) in [4.78, 5) is 4.13. The molecule has 1 heterocycles. The summed E-state index contributed by atoms with van der Waals surface area (Å²) in [6, 6.07) is 3.85. The van der Waals surface area contributed by atoms with Gasteiger partial charge in [0.25, 0.3) is 0 Å². The van der Waals surface area contributed by atoms with E-state index in [1.54, 1.807) is 7.11 Å². The number of hydrogen-bond acceptors (Lipinski definition) is 2. The van der Waals surface area contributed by atoms with Gasteiger partial charge in [0, 0.05) is 10.9 Å². The lowest BCUT2D eigenvalue weighted by Gasteiger charge is -2.03. The number of nitrogens with zero attached hydrogens (tertiary/aromatic N) is 1. The van der Waals surface area contributed by atoms with Gasteiger partial charge in [-0.1, -0.05) is 22.0 Å². The molecule has 0 aliphatic carbocycles. The van der Waals surface area contributed by atoms with Crippen molar-refractivity contribution in [3.8, 4) is 5.88 Å². The molecule has 0 aromatic carbocycles. The van der Waals surface area contributed by atoms with E-state index in [1.807, 2.05) is 12.1 Å². The van der Waals surface area contributed by atoms with E-state index >= 15 is 0 Å². The number of rotatable bonds is 2. The van der Waals surface area contributed by atoms with E-state index in [1.165, 1.54) is 0 Å². The normalized spacial score (nSPS) is 9.73. The summed E-state index contributed by atoms with van der Waals surface area (Å²) >= 11 is 6.60. The molecule has 0 radical (unpaired) electrons. The Morgan fingerprint density at radius 3 is 2.82 bits per heavy atom. The van der Waals surface area contributed by atoms with Crippen LogP contribution in [-0.4, -0.2) is 12.1 Å². The van der Waals surface area contributed by atoms with E-state index < -0.39 is 0 Å². The standard InChI is InChI=1S/C7H7Br2NO/c1-11-7-5(4-8)2-3-6(9)10-7/h2-3H,4H2,1H3. The lowest BCUT2D eigenvalue weighted by molar-refractivity contribution is 0.393.